The first-order chi connectivity index (χ1) is 10.7. The number of aliphatic hydroxyl groups excluding tert-OH is 1. The largest absolute Gasteiger partial charge is 0.394 e. The van der Waals surface area contributed by atoms with Crippen molar-refractivity contribution in [1.29, 1.82) is 0 Å². The van der Waals surface area contributed by atoms with Gasteiger partial charge in [-0.3, -0.25) is 0 Å². The van der Waals surface area contributed by atoms with Crippen LogP contribution >= 0.6 is 11.3 Å². The molecule has 22 heavy (non-hydrogen) atoms. The zero-order valence-corrected chi connectivity index (χ0v) is 13.3. The Labute approximate surface area is 133 Å². The highest BCUT2D eigenvalue weighted by molar-refractivity contribution is 7.13. The van der Waals surface area contributed by atoms with E-state index in [2.05, 4.69) is 10.3 Å². The normalized spacial score (nSPS) is 17.7. The quantitative estimate of drug-likeness (QED) is 0.914. The van der Waals surface area contributed by atoms with Gasteiger partial charge in [-0.05, 0) is 31.9 Å². The molecular weight excluding hydrogens is 298 g/mol. The van der Waals surface area contributed by atoms with Crippen LogP contribution in [0.2, 0.25) is 0 Å². The standard InChI is InChI=1S/C16H19N3O2S/c1-11-10-22-15(17-11)12-4-2-5-13(8-12)18-16(21)19-7-3-6-14(19)9-20/h2,4-5,8,10,14,20H,3,6-7,9H2,1H3,(H,18,21)/t14-/m0/s1. The third kappa shape index (κ3) is 3.13. The number of amides is 2. The number of aryl methyl sites for hydroxylation is 1. The minimum atomic E-state index is -0.149. The molecule has 1 atom stereocenters. The highest BCUT2D eigenvalue weighted by atomic mass is 32.1. The van der Waals surface area contributed by atoms with E-state index in [-0.39, 0.29) is 18.7 Å². The van der Waals surface area contributed by atoms with Gasteiger partial charge in [0.2, 0.25) is 0 Å². The van der Waals surface area contributed by atoms with E-state index in [4.69, 9.17) is 0 Å². The summed E-state index contributed by atoms with van der Waals surface area (Å²) in [5.41, 5.74) is 2.74. The number of hydrogen-bond donors (Lipinski definition) is 2. The second-order valence-electron chi connectivity index (χ2n) is 5.48. The summed E-state index contributed by atoms with van der Waals surface area (Å²) in [6, 6.07) is 7.48. The van der Waals surface area contributed by atoms with Crippen LogP contribution in [0.25, 0.3) is 10.6 Å². The number of thiazole rings is 1. The fraction of sp³-hybridized carbons (Fsp3) is 0.375. The number of hydrogen-bond acceptors (Lipinski definition) is 4. The molecule has 1 aromatic heterocycles. The molecule has 1 fully saturated rings. The number of aromatic nitrogens is 1. The molecule has 0 spiro atoms. The lowest BCUT2D eigenvalue weighted by atomic mass is 10.2. The van der Waals surface area contributed by atoms with Crippen molar-refractivity contribution in [3.63, 3.8) is 0 Å². The molecule has 2 N–H and O–H groups in total. The lowest BCUT2D eigenvalue weighted by Gasteiger charge is -2.23. The van der Waals surface area contributed by atoms with Crippen LogP contribution in [-0.2, 0) is 0 Å². The number of aliphatic hydroxyl groups is 1. The van der Waals surface area contributed by atoms with E-state index in [1.54, 1.807) is 16.2 Å². The van der Waals surface area contributed by atoms with Crippen LogP contribution in [0.5, 0.6) is 0 Å². The average molecular weight is 317 g/mol. The Hall–Kier alpha value is -1.92. The lowest BCUT2D eigenvalue weighted by molar-refractivity contribution is 0.166. The summed E-state index contributed by atoms with van der Waals surface area (Å²) in [6.45, 7) is 2.68. The Kier molecular flexibility index (Phi) is 4.40. The van der Waals surface area contributed by atoms with Crippen LogP contribution in [0, 0.1) is 6.92 Å². The Bertz CT molecular complexity index is 671. The molecule has 1 aliphatic rings. The number of likely N-dealkylation sites (tertiary alicyclic amines) is 1. The number of benzene rings is 1. The molecule has 0 saturated carbocycles. The monoisotopic (exact) mass is 317 g/mol. The Morgan fingerprint density at radius 3 is 3.14 bits per heavy atom. The summed E-state index contributed by atoms with van der Waals surface area (Å²) in [6.07, 6.45) is 1.80. The molecule has 5 nitrogen and oxygen atoms in total. The van der Waals surface area contributed by atoms with E-state index in [9.17, 15) is 9.90 Å². The highest BCUT2D eigenvalue weighted by Gasteiger charge is 2.28. The van der Waals surface area contributed by atoms with Crippen molar-refractivity contribution in [3.8, 4) is 10.6 Å². The molecular formula is C16H19N3O2S. The highest BCUT2D eigenvalue weighted by Crippen LogP contribution is 2.26. The number of urea groups is 1. The van der Waals surface area contributed by atoms with Gasteiger partial charge >= 0.3 is 6.03 Å². The van der Waals surface area contributed by atoms with Gasteiger partial charge in [-0.25, -0.2) is 9.78 Å². The summed E-state index contributed by atoms with van der Waals surface area (Å²) >= 11 is 1.59. The summed E-state index contributed by atoms with van der Waals surface area (Å²) < 4.78 is 0. The van der Waals surface area contributed by atoms with Crippen LogP contribution in [0.1, 0.15) is 18.5 Å². The molecule has 1 aromatic carbocycles. The molecule has 0 radical (unpaired) electrons. The van der Waals surface area contributed by atoms with Crippen LogP contribution in [0.3, 0.4) is 0 Å². The van der Waals surface area contributed by atoms with Gasteiger partial charge in [-0.1, -0.05) is 12.1 Å². The van der Waals surface area contributed by atoms with Crippen molar-refractivity contribution < 1.29 is 9.90 Å². The van der Waals surface area contributed by atoms with Crippen LogP contribution < -0.4 is 5.32 Å². The van der Waals surface area contributed by atoms with E-state index < -0.39 is 0 Å². The molecule has 1 aliphatic heterocycles. The van der Waals surface area contributed by atoms with Gasteiger partial charge in [0, 0.05) is 28.9 Å². The second-order valence-corrected chi connectivity index (χ2v) is 6.34. The van der Waals surface area contributed by atoms with Gasteiger partial charge < -0.3 is 15.3 Å². The Balaban J connectivity index is 1.74. The first-order valence-corrected chi connectivity index (χ1v) is 8.26. The first kappa shape index (κ1) is 15.0. The van der Waals surface area contributed by atoms with E-state index in [0.717, 1.165) is 34.8 Å². The molecule has 6 heteroatoms. The number of carbonyl (C=O) groups excluding carboxylic acids is 1. The van der Waals surface area contributed by atoms with E-state index >= 15 is 0 Å². The van der Waals surface area contributed by atoms with Gasteiger partial charge in [0.05, 0.1) is 12.6 Å². The van der Waals surface area contributed by atoms with E-state index in [0.29, 0.717) is 6.54 Å². The number of nitrogens with zero attached hydrogens (tertiary/aromatic N) is 2. The molecule has 116 valence electrons. The molecule has 3 rings (SSSR count). The van der Waals surface area contributed by atoms with Crippen molar-refractivity contribution >= 4 is 23.1 Å². The molecule has 2 aromatic rings. The number of carbonyl (C=O) groups is 1. The first-order valence-electron chi connectivity index (χ1n) is 7.38. The van der Waals surface area contributed by atoms with Crippen LogP contribution in [-0.4, -0.2) is 40.2 Å². The molecule has 0 bridgehead atoms. The topological polar surface area (TPSA) is 65.5 Å². The minimum absolute atomic E-state index is 0.0197. The molecule has 0 aliphatic carbocycles. The van der Waals surface area contributed by atoms with Crippen molar-refractivity contribution in [2.75, 3.05) is 18.5 Å². The Morgan fingerprint density at radius 1 is 1.55 bits per heavy atom. The maximum absolute atomic E-state index is 12.3. The van der Waals surface area contributed by atoms with Gasteiger partial charge in [-0.2, -0.15) is 0 Å². The Morgan fingerprint density at radius 2 is 2.41 bits per heavy atom. The second kappa shape index (κ2) is 6.46. The van der Waals surface area contributed by atoms with Gasteiger partial charge in [0.1, 0.15) is 5.01 Å². The SMILES string of the molecule is Cc1csc(-c2cccc(NC(=O)N3CCC[C@H]3CO)c2)n1. The zero-order valence-electron chi connectivity index (χ0n) is 12.5. The predicted molar refractivity (Wildman–Crippen MR) is 88.1 cm³/mol. The molecule has 2 heterocycles. The summed E-state index contributed by atoms with van der Waals surface area (Å²) in [5.74, 6) is 0. The smallest absolute Gasteiger partial charge is 0.322 e. The van der Waals surface area contributed by atoms with E-state index in [1.165, 1.54) is 0 Å². The van der Waals surface area contributed by atoms with Gasteiger partial charge in [-0.15, -0.1) is 11.3 Å². The minimum Gasteiger partial charge on any atom is -0.394 e. The van der Waals surface area contributed by atoms with Crippen molar-refractivity contribution in [3.05, 3.63) is 35.3 Å². The van der Waals surface area contributed by atoms with Crippen molar-refractivity contribution in [2.45, 2.75) is 25.8 Å². The summed E-state index contributed by atoms with van der Waals surface area (Å²) in [4.78, 5) is 18.5. The molecule has 2 amide bonds. The van der Waals surface area contributed by atoms with E-state index in [1.807, 2.05) is 36.6 Å². The molecule has 1 saturated heterocycles. The summed E-state index contributed by atoms with van der Waals surface area (Å²) in [7, 11) is 0. The van der Waals surface area contributed by atoms with Crippen LogP contribution in [0.4, 0.5) is 10.5 Å². The maximum atomic E-state index is 12.3. The average Bonchev–Trinajstić information content (AvgIpc) is 3.16. The predicted octanol–water partition coefficient (Wildman–Crippen LogP) is 3.11. The summed E-state index contributed by atoms with van der Waals surface area (Å²) in [5, 5.41) is 15.2. The third-order valence-corrected chi connectivity index (χ3v) is 4.84. The fourth-order valence-electron chi connectivity index (χ4n) is 2.70. The fourth-order valence-corrected chi connectivity index (χ4v) is 3.50. The van der Waals surface area contributed by atoms with Crippen molar-refractivity contribution in [2.24, 2.45) is 0 Å². The third-order valence-electron chi connectivity index (χ3n) is 3.83. The zero-order chi connectivity index (χ0) is 15.5. The van der Waals surface area contributed by atoms with Crippen molar-refractivity contribution in [1.82, 2.24) is 9.88 Å². The number of rotatable bonds is 3. The molecule has 0 unspecified atom stereocenters. The number of anilines is 1. The maximum Gasteiger partial charge on any atom is 0.322 e. The van der Waals surface area contributed by atoms with Crippen LogP contribution in [0.15, 0.2) is 29.6 Å². The lowest BCUT2D eigenvalue weighted by Crippen LogP contribution is -2.40. The van der Waals surface area contributed by atoms with Gasteiger partial charge in [0.25, 0.3) is 0 Å². The number of nitrogens with one attached hydrogen (secondary N) is 1. The van der Waals surface area contributed by atoms with Gasteiger partial charge in [0.15, 0.2) is 0 Å².